The van der Waals surface area contributed by atoms with E-state index in [2.05, 4.69) is 4.98 Å². The summed E-state index contributed by atoms with van der Waals surface area (Å²) in [5.41, 5.74) is 1.82. The monoisotopic (exact) mass is 412 g/mol. The van der Waals surface area contributed by atoms with Gasteiger partial charge in [-0.05, 0) is 42.0 Å². The number of methoxy groups -OCH3 is 1. The topological polar surface area (TPSA) is 94.6 Å². The maximum Gasteiger partial charge on any atom is 0.266 e. The van der Waals surface area contributed by atoms with Gasteiger partial charge in [0.05, 0.1) is 36.5 Å². The quantitative estimate of drug-likeness (QED) is 0.611. The number of pyridine rings is 1. The van der Waals surface area contributed by atoms with Gasteiger partial charge in [-0.15, -0.1) is 0 Å². The molecule has 0 saturated carbocycles. The summed E-state index contributed by atoms with van der Waals surface area (Å²) in [7, 11) is -2.51. The minimum Gasteiger partial charge on any atom is -0.497 e. The van der Waals surface area contributed by atoms with Crippen molar-refractivity contribution in [3.63, 3.8) is 0 Å². The van der Waals surface area contributed by atoms with Gasteiger partial charge in [-0.2, -0.15) is 0 Å². The molecule has 1 heterocycles. The van der Waals surface area contributed by atoms with E-state index in [0.717, 1.165) is 5.56 Å². The smallest absolute Gasteiger partial charge is 0.266 e. The Morgan fingerprint density at radius 1 is 0.966 bits per heavy atom. The van der Waals surface area contributed by atoms with Crippen LogP contribution in [0.3, 0.4) is 0 Å². The zero-order valence-corrected chi connectivity index (χ0v) is 16.6. The average molecular weight is 412 g/mol. The van der Waals surface area contributed by atoms with Crippen molar-refractivity contribution in [2.75, 3.05) is 7.11 Å². The van der Waals surface area contributed by atoms with Crippen LogP contribution in [-0.2, 0) is 28.0 Å². The predicted octanol–water partition coefficient (Wildman–Crippen LogP) is 2.93. The number of carbonyl (C=O) groups excluding carboxylic acids is 1. The van der Waals surface area contributed by atoms with Gasteiger partial charge in [0.25, 0.3) is 15.9 Å². The fraction of sp³-hybridized carbons (Fsp3) is 0.143. The summed E-state index contributed by atoms with van der Waals surface area (Å²) in [6, 6.07) is 18.6. The van der Waals surface area contributed by atoms with Gasteiger partial charge in [0.15, 0.2) is 0 Å². The zero-order valence-electron chi connectivity index (χ0n) is 15.7. The molecule has 0 bridgehead atoms. The maximum atomic E-state index is 12.3. The molecule has 0 aliphatic rings. The molecule has 8 heteroatoms. The van der Waals surface area contributed by atoms with Gasteiger partial charge in [0.2, 0.25) is 0 Å². The number of benzene rings is 2. The number of carbonyl (C=O) groups is 1. The van der Waals surface area contributed by atoms with E-state index in [4.69, 9.17) is 9.47 Å². The van der Waals surface area contributed by atoms with E-state index in [1.54, 1.807) is 6.07 Å². The van der Waals surface area contributed by atoms with E-state index in [-0.39, 0.29) is 17.1 Å². The SMILES string of the molecule is COc1ccc(S(=O)(=O)NC(=O)c2ccc(COCc3ccccc3)nc2)cc1. The Balaban J connectivity index is 1.57. The zero-order chi connectivity index (χ0) is 20.7. The van der Waals surface area contributed by atoms with Gasteiger partial charge >= 0.3 is 0 Å². The number of ether oxygens (including phenoxy) is 2. The van der Waals surface area contributed by atoms with Gasteiger partial charge < -0.3 is 9.47 Å². The van der Waals surface area contributed by atoms with Crippen LogP contribution in [0.15, 0.2) is 77.8 Å². The molecule has 0 aliphatic carbocycles. The van der Waals surface area contributed by atoms with E-state index in [9.17, 15) is 13.2 Å². The molecule has 3 aromatic rings. The second kappa shape index (κ2) is 9.31. The number of amides is 1. The Hall–Kier alpha value is -3.23. The molecule has 0 spiro atoms. The minimum atomic E-state index is -4.00. The third-order valence-electron chi connectivity index (χ3n) is 4.05. The standard InChI is InChI=1S/C21H20N2O5S/c1-27-19-9-11-20(12-10-19)29(25,26)23-21(24)17-7-8-18(22-13-17)15-28-14-16-5-3-2-4-6-16/h2-13H,14-15H2,1H3,(H,23,24). The van der Waals surface area contributed by atoms with Crippen LogP contribution < -0.4 is 9.46 Å². The number of nitrogens with zero attached hydrogens (tertiary/aromatic N) is 1. The van der Waals surface area contributed by atoms with E-state index < -0.39 is 15.9 Å². The van der Waals surface area contributed by atoms with Gasteiger partial charge in [-0.3, -0.25) is 9.78 Å². The molecule has 0 unspecified atom stereocenters. The second-order valence-corrected chi connectivity index (χ2v) is 7.81. The summed E-state index contributed by atoms with van der Waals surface area (Å²) in [6.45, 7) is 0.728. The first kappa shape index (κ1) is 20.5. The molecule has 1 aromatic heterocycles. The Morgan fingerprint density at radius 3 is 2.31 bits per heavy atom. The molecule has 0 atom stereocenters. The Labute approximate surface area is 169 Å². The highest BCUT2D eigenvalue weighted by atomic mass is 32.2. The predicted molar refractivity (Wildman–Crippen MR) is 107 cm³/mol. The highest BCUT2D eigenvalue weighted by Crippen LogP contribution is 2.15. The average Bonchev–Trinajstić information content (AvgIpc) is 2.75. The number of hydrogen-bond acceptors (Lipinski definition) is 6. The van der Waals surface area contributed by atoms with E-state index in [1.165, 1.54) is 43.6 Å². The molecule has 0 fully saturated rings. The van der Waals surface area contributed by atoms with Crippen LogP contribution in [0.4, 0.5) is 0 Å². The maximum absolute atomic E-state index is 12.3. The van der Waals surface area contributed by atoms with Crippen LogP contribution >= 0.6 is 0 Å². The van der Waals surface area contributed by atoms with Crippen molar-refractivity contribution in [3.8, 4) is 5.75 Å². The third-order valence-corrected chi connectivity index (χ3v) is 5.39. The van der Waals surface area contributed by atoms with Crippen LogP contribution in [-0.4, -0.2) is 26.4 Å². The van der Waals surface area contributed by atoms with Crippen LogP contribution in [0.1, 0.15) is 21.6 Å². The van der Waals surface area contributed by atoms with Crippen molar-refractivity contribution in [2.24, 2.45) is 0 Å². The van der Waals surface area contributed by atoms with Gasteiger partial charge in [0.1, 0.15) is 5.75 Å². The first-order valence-corrected chi connectivity index (χ1v) is 10.2. The minimum absolute atomic E-state index is 0.0365. The number of nitrogens with one attached hydrogen (secondary N) is 1. The summed E-state index contributed by atoms with van der Waals surface area (Å²) in [6.07, 6.45) is 1.32. The summed E-state index contributed by atoms with van der Waals surface area (Å²) in [5, 5.41) is 0. The lowest BCUT2D eigenvalue weighted by Gasteiger charge is -2.08. The Bertz CT molecular complexity index is 1050. The first-order chi connectivity index (χ1) is 14.0. The van der Waals surface area contributed by atoms with Gasteiger partial charge in [-0.25, -0.2) is 13.1 Å². The van der Waals surface area contributed by atoms with Crippen LogP contribution in [0.5, 0.6) is 5.75 Å². The number of sulfonamides is 1. The van der Waals surface area contributed by atoms with Crippen molar-refractivity contribution in [1.82, 2.24) is 9.71 Å². The lowest BCUT2D eigenvalue weighted by molar-refractivity contribution is 0.0978. The van der Waals surface area contributed by atoms with E-state index >= 15 is 0 Å². The molecule has 1 N–H and O–H groups in total. The van der Waals surface area contributed by atoms with Crippen molar-refractivity contribution in [1.29, 1.82) is 0 Å². The molecule has 0 radical (unpaired) electrons. The molecule has 3 rings (SSSR count). The van der Waals surface area contributed by atoms with Crippen LogP contribution in [0, 0.1) is 0 Å². The molecule has 2 aromatic carbocycles. The third kappa shape index (κ3) is 5.63. The number of hydrogen-bond donors (Lipinski definition) is 1. The van der Waals surface area contributed by atoms with Crippen LogP contribution in [0.2, 0.25) is 0 Å². The lowest BCUT2D eigenvalue weighted by atomic mass is 10.2. The van der Waals surface area contributed by atoms with Gasteiger partial charge in [-0.1, -0.05) is 30.3 Å². The molecule has 150 valence electrons. The molecule has 29 heavy (non-hydrogen) atoms. The van der Waals surface area contributed by atoms with Crippen molar-refractivity contribution in [2.45, 2.75) is 18.1 Å². The summed E-state index contributed by atoms with van der Waals surface area (Å²) in [5.74, 6) is -0.241. The highest BCUT2D eigenvalue weighted by Gasteiger charge is 2.19. The Morgan fingerprint density at radius 2 is 1.69 bits per heavy atom. The fourth-order valence-corrected chi connectivity index (χ4v) is 3.46. The first-order valence-electron chi connectivity index (χ1n) is 8.76. The van der Waals surface area contributed by atoms with Crippen molar-refractivity contribution < 1.29 is 22.7 Å². The molecule has 0 saturated heterocycles. The summed E-state index contributed by atoms with van der Waals surface area (Å²) in [4.78, 5) is 16.4. The molecular weight excluding hydrogens is 392 g/mol. The largest absolute Gasteiger partial charge is 0.497 e. The normalized spacial score (nSPS) is 11.1. The highest BCUT2D eigenvalue weighted by molar-refractivity contribution is 7.90. The lowest BCUT2D eigenvalue weighted by Crippen LogP contribution is -2.30. The van der Waals surface area contributed by atoms with Crippen LogP contribution in [0.25, 0.3) is 0 Å². The van der Waals surface area contributed by atoms with E-state index in [0.29, 0.717) is 18.1 Å². The summed E-state index contributed by atoms with van der Waals surface area (Å²) >= 11 is 0. The molecule has 7 nitrogen and oxygen atoms in total. The molecule has 0 aliphatic heterocycles. The molecular formula is C21H20N2O5S. The Kier molecular flexibility index (Phi) is 6.58. The van der Waals surface area contributed by atoms with Gasteiger partial charge in [0, 0.05) is 6.20 Å². The number of aromatic nitrogens is 1. The van der Waals surface area contributed by atoms with Crippen molar-refractivity contribution >= 4 is 15.9 Å². The van der Waals surface area contributed by atoms with E-state index in [1.807, 2.05) is 35.1 Å². The second-order valence-electron chi connectivity index (χ2n) is 6.13. The summed E-state index contributed by atoms with van der Waals surface area (Å²) < 4.78 is 37.3. The van der Waals surface area contributed by atoms with Crippen molar-refractivity contribution in [3.05, 3.63) is 89.7 Å². The number of rotatable bonds is 8. The fourth-order valence-electron chi connectivity index (χ4n) is 2.49. The molecule has 1 amide bonds.